The summed E-state index contributed by atoms with van der Waals surface area (Å²) in [6.07, 6.45) is 10.0. The highest BCUT2D eigenvalue weighted by Crippen LogP contribution is 2.74. The van der Waals surface area contributed by atoms with Crippen molar-refractivity contribution in [1.82, 2.24) is 0 Å². The topological polar surface area (TPSA) is 12.5 Å². The molecule has 0 radical (unpaired) electrons. The summed E-state index contributed by atoms with van der Waals surface area (Å²) in [6.45, 7) is 9.91. The Morgan fingerprint density at radius 1 is 0.625 bits per heavy atom. The van der Waals surface area contributed by atoms with E-state index in [9.17, 15) is 0 Å². The zero-order valence-corrected chi connectivity index (χ0v) is 28.9. The van der Waals surface area contributed by atoms with Gasteiger partial charge >= 0.3 is 0 Å². The summed E-state index contributed by atoms with van der Waals surface area (Å²) in [7, 11) is 0. The van der Waals surface area contributed by atoms with E-state index in [2.05, 4.69) is 111 Å². The first-order valence-electron chi connectivity index (χ1n) is 19.2. The van der Waals surface area contributed by atoms with Gasteiger partial charge in [-0.05, 0) is 172 Å². The van der Waals surface area contributed by atoms with Gasteiger partial charge in [0, 0.05) is 17.1 Å². The van der Waals surface area contributed by atoms with E-state index >= 15 is 0 Å². The van der Waals surface area contributed by atoms with Gasteiger partial charge in [0.05, 0.1) is 0 Å². The molecule has 14 rings (SSSR count). The second-order valence-corrected chi connectivity index (χ2v) is 19.0. The van der Waals surface area contributed by atoms with Crippen molar-refractivity contribution in [3.8, 4) is 11.5 Å². The largest absolute Gasteiger partial charge is 0.458 e. The summed E-state index contributed by atoms with van der Waals surface area (Å²) in [5, 5.41) is 0. The Kier molecular flexibility index (Phi) is 4.92. The van der Waals surface area contributed by atoms with E-state index in [1.165, 1.54) is 89.5 Å². The fraction of sp³-hybridized carbons (Fsp3) is 0.467. The highest BCUT2D eigenvalue weighted by atomic mass is 16.5. The van der Waals surface area contributed by atoms with Gasteiger partial charge in [-0.15, -0.1) is 0 Å². The molecule has 0 spiro atoms. The highest BCUT2D eigenvalue weighted by molar-refractivity contribution is 6.99. The van der Waals surface area contributed by atoms with Crippen LogP contribution in [0.2, 0.25) is 0 Å². The van der Waals surface area contributed by atoms with Crippen LogP contribution < -0.4 is 26.0 Å². The number of fused-ring (bicyclic) bond motifs is 5. The summed E-state index contributed by atoms with van der Waals surface area (Å²) in [6, 6.07) is 30.6. The van der Waals surface area contributed by atoms with E-state index in [0.717, 1.165) is 52.9 Å². The first-order valence-corrected chi connectivity index (χ1v) is 19.2. The summed E-state index contributed by atoms with van der Waals surface area (Å²) >= 11 is 0. The second kappa shape index (κ2) is 8.63. The average molecular weight is 628 g/mol. The van der Waals surface area contributed by atoms with Crippen molar-refractivity contribution in [2.75, 3.05) is 4.90 Å². The van der Waals surface area contributed by atoms with E-state index in [1.807, 2.05) is 0 Å². The van der Waals surface area contributed by atoms with Crippen LogP contribution in [0.4, 0.5) is 17.1 Å². The molecule has 10 aliphatic rings. The average Bonchev–Trinajstić information content (AvgIpc) is 3.27. The Labute approximate surface area is 286 Å². The Morgan fingerprint density at radius 3 is 1.94 bits per heavy atom. The quantitative estimate of drug-likeness (QED) is 0.178. The third-order valence-corrected chi connectivity index (χ3v) is 15.8. The summed E-state index contributed by atoms with van der Waals surface area (Å²) in [4.78, 5) is 2.58. The molecule has 7 saturated carbocycles. The first kappa shape index (κ1) is 27.4. The lowest BCUT2D eigenvalue weighted by Gasteiger charge is -2.72. The Hall–Kier alpha value is -3.46. The number of para-hydroxylation sites is 2. The van der Waals surface area contributed by atoms with Crippen LogP contribution in [0.15, 0.2) is 78.9 Å². The molecule has 4 aromatic rings. The van der Waals surface area contributed by atoms with Crippen LogP contribution in [-0.4, -0.2) is 6.71 Å². The van der Waals surface area contributed by atoms with Gasteiger partial charge in [0.15, 0.2) is 0 Å². The molecule has 2 nitrogen and oxygen atoms in total. The van der Waals surface area contributed by atoms with Gasteiger partial charge in [0.25, 0.3) is 6.71 Å². The molecule has 48 heavy (non-hydrogen) atoms. The van der Waals surface area contributed by atoms with Crippen molar-refractivity contribution < 1.29 is 4.74 Å². The molecule has 2 heterocycles. The number of rotatable bonds is 2. The van der Waals surface area contributed by atoms with Crippen molar-refractivity contribution in [1.29, 1.82) is 0 Å². The lowest BCUT2D eigenvalue weighted by Crippen LogP contribution is -2.66. The molecule has 7 fully saturated rings. The van der Waals surface area contributed by atoms with Crippen molar-refractivity contribution in [3.63, 3.8) is 0 Å². The zero-order chi connectivity index (χ0) is 31.9. The molecule has 4 aromatic carbocycles. The maximum atomic E-state index is 7.29. The minimum Gasteiger partial charge on any atom is -0.458 e. The van der Waals surface area contributed by atoms with E-state index < -0.39 is 0 Å². The maximum Gasteiger partial charge on any atom is 0.256 e. The van der Waals surface area contributed by atoms with Crippen molar-refractivity contribution >= 4 is 40.2 Å². The van der Waals surface area contributed by atoms with Gasteiger partial charge in [-0.25, -0.2) is 0 Å². The maximum absolute atomic E-state index is 7.29. The number of ether oxygens (including phenoxy) is 1. The second-order valence-electron chi connectivity index (χ2n) is 19.0. The SMILES string of the molecule is CC1(C)CC(C)(C)c2cc3c(cc21)Oc1cc(C24CC5C6CC7CC5C(C2)C(C7)C6C4)cc2c1B3c1ccccc1N2c1ccccc1. The van der Waals surface area contributed by atoms with Gasteiger partial charge in [0.1, 0.15) is 11.5 Å². The van der Waals surface area contributed by atoms with Crippen molar-refractivity contribution in [3.05, 3.63) is 95.6 Å². The molecule has 0 amide bonds. The van der Waals surface area contributed by atoms with Crippen LogP contribution >= 0.6 is 0 Å². The fourth-order valence-corrected chi connectivity index (χ4v) is 14.6. The molecule has 240 valence electrons. The van der Waals surface area contributed by atoms with Gasteiger partial charge < -0.3 is 9.64 Å². The molecule has 2 aliphatic heterocycles. The van der Waals surface area contributed by atoms with Gasteiger partial charge in [-0.2, -0.15) is 0 Å². The minimum atomic E-state index is 0.136. The summed E-state index contributed by atoms with van der Waals surface area (Å²) in [5.74, 6) is 9.17. The Balaban J connectivity index is 1.10. The van der Waals surface area contributed by atoms with Crippen LogP contribution in [0.5, 0.6) is 11.5 Å². The highest BCUT2D eigenvalue weighted by Gasteiger charge is 2.67. The third-order valence-electron chi connectivity index (χ3n) is 15.8. The Bertz CT molecular complexity index is 2020. The van der Waals surface area contributed by atoms with Crippen LogP contribution in [0.25, 0.3) is 0 Å². The number of benzene rings is 4. The summed E-state index contributed by atoms with van der Waals surface area (Å²) < 4.78 is 7.29. The van der Waals surface area contributed by atoms with Gasteiger partial charge in [-0.1, -0.05) is 70.2 Å². The molecule has 0 atom stereocenters. The minimum absolute atomic E-state index is 0.136. The van der Waals surface area contributed by atoms with Gasteiger partial charge in [-0.3, -0.25) is 0 Å². The smallest absolute Gasteiger partial charge is 0.256 e. The molecule has 0 N–H and O–H groups in total. The van der Waals surface area contributed by atoms with E-state index in [1.54, 1.807) is 5.56 Å². The molecule has 0 aromatic heterocycles. The van der Waals surface area contributed by atoms with Gasteiger partial charge in [0.2, 0.25) is 0 Å². The number of anilines is 3. The number of hydrogen-bond donors (Lipinski definition) is 0. The lowest BCUT2D eigenvalue weighted by atomic mass is 9.32. The van der Waals surface area contributed by atoms with Crippen LogP contribution in [0.1, 0.15) is 89.3 Å². The number of nitrogens with zero attached hydrogens (tertiary/aromatic N) is 1. The van der Waals surface area contributed by atoms with Crippen molar-refractivity contribution in [2.45, 2.75) is 88.9 Å². The molecule has 3 heteroatoms. The van der Waals surface area contributed by atoms with Crippen LogP contribution in [0, 0.1) is 41.4 Å². The molecular formula is C45H46BNO. The van der Waals surface area contributed by atoms with E-state index in [-0.39, 0.29) is 17.5 Å². The molecular weight excluding hydrogens is 581 g/mol. The zero-order valence-electron chi connectivity index (χ0n) is 28.9. The predicted molar refractivity (Wildman–Crippen MR) is 197 cm³/mol. The van der Waals surface area contributed by atoms with Crippen molar-refractivity contribution in [2.24, 2.45) is 41.4 Å². The van der Waals surface area contributed by atoms with Crippen LogP contribution in [0.3, 0.4) is 0 Å². The van der Waals surface area contributed by atoms with E-state index in [0.29, 0.717) is 5.41 Å². The predicted octanol–water partition coefficient (Wildman–Crippen LogP) is 9.01. The monoisotopic (exact) mass is 627 g/mol. The van der Waals surface area contributed by atoms with Crippen LogP contribution in [-0.2, 0) is 16.2 Å². The molecule has 0 saturated heterocycles. The first-order chi connectivity index (χ1) is 23.2. The molecule has 8 bridgehead atoms. The standard InChI is InChI=1S/C45H46BNO/c1-43(2)24-44(3,4)35-20-40-37(19-34(35)43)46-36-12-8-9-13-38(36)47(27-10-6-5-7-11-27)39-17-26(18-41(48-40)42(39)46)45-21-31-28-14-25-15-29(31)33(23-45)30(16-25)32(28)22-45/h5-13,17-20,25,28-33H,14-16,21-24H2,1-4H3. The molecule has 8 aliphatic carbocycles. The molecule has 0 unspecified atom stereocenters. The normalized spacial score (nSPS) is 35.6. The Morgan fingerprint density at radius 2 is 1.25 bits per heavy atom. The lowest BCUT2D eigenvalue weighted by molar-refractivity contribution is -0.212. The fourth-order valence-electron chi connectivity index (χ4n) is 14.6. The summed E-state index contributed by atoms with van der Waals surface area (Å²) in [5.41, 5.74) is 13.2. The number of hydrogen-bond acceptors (Lipinski definition) is 2. The third kappa shape index (κ3) is 3.24. The van der Waals surface area contributed by atoms with E-state index in [4.69, 9.17) is 4.74 Å².